The van der Waals surface area contributed by atoms with Crippen LogP contribution in [0.25, 0.3) is 22.3 Å². The molecule has 6 nitrogen and oxygen atoms in total. The minimum absolute atomic E-state index is 0.592. The number of nitrogens with zero attached hydrogens (tertiary/aromatic N) is 4. The molecule has 0 fully saturated rings. The molecule has 96 valence electrons. The van der Waals surface area contributed by atoms with E-state index in [-0.39, 0.29) is 0 Å². The highest BCUT2D eigenvalue weighted by Crippen LogP contribution is 2.25. The van der Waals surface area contributed by atoms with Gasteiger partial charge in [0.2, 0.25) is 5.95 Å². The summed E-state index contributed by atoms with van der Waals surface area (Å²) in [5.74, 6) is 0.592. The van der Waals surface area contributed by atoms with Crippen LogP contribution < -0.4 is 5.32 Å². The van der Waals surface area contributed by atoms with Crippen LogP contribution in [0.2, 0.25) is 0 Å². The third-order valence-corrected chi connectivity index (χ3v) is 2.83. The molecule has 0 spiro atoms. The van der Waals surface area contributed by atoms with Crippen molar-refractivity contribution < 1.29 is 0 Å². The molecule has 0 aliphatic heterocycles. The first kappa shape index (κ1) is 11.6. The van der Waals surface area contributed by atoms with Gasteiger partial charge in [0.15, 0.2) is 5.65 Å². The topological polar surface area (TPSA) is 79.4 Å². The summed E-state index contributed by atoms with van der Waals surface area (Å²) in [6, 6.07) is 3.98. The first-order chi connectivity index (χ1) is 9.28. The Hall–Kier alpha value is -2.50. The Morgan fingerprint density at radius 3 is 2.84 bits per heavy atom. The number of rotatable bonds is 3. The van der Waals surface area contributed by atoms with Crippen LogP contribution in [-0.4, -0.2) is 31.7 Å². The maximum absolute atomic E-state index is 4.54. The number of anilines is 1. The van der Waals surface area contributed by atoms with E-state index in [1.807, 2.05) is 32.2 Å². The molecular weight excluding hydrogens is 240 g/mol. The van der Waals surface area contributed by atoms with Crippen molar-refractivity contribution in [2.45, 2.75) is 13.8 Å². The van der Waals surface area contributed by atoms with E-state index in [1.54, 1.807) is 6.20 Å². The van der Waals surface area contributed by atoms with Gasteiger partial charge in [-0.1, -0.05) is 0 Å². The largest absolute Gasteiger partial charge is 0.354 e. The van der Waals surface area contributed by atoms with Gasteiger partial charge < -0.3 is 5.32 Å². The second kappa shape index (κ2) is 4.64. The van der Waals surface area contributed by atoms with Gasteiger partial charge in [0, 0.05) is 24.0 Å². The Morgan fingerprint density at radius 1 is 1.21 bits per heavy atom. The van der Waals surface area contributed by atoms with Crippen molar-refractivity contribution in [3.05, 3.63) is 30.2 Å². The standard InChI is InChI=1S/C13H14N6/c1-3-14-13-17-11(9-5-4-8(2)15-6-9)10-7-16-19-12(10)18-13/h4-7H,3H2,1-2H3,(H2,14,16,17,18,19). The van der Waals surface area contributed by atoms with Crippen LogP contribution >= 0.6 is 0 Å². The van der Waals surface area contributed by atoms with E-state index in [4.69, 9.17) is 0 Å². The second-order valence-corrected chi connectivity index (χ2v) is 4.25. The molecule has 0 aromatic carbocycles. The van der Waals surface area contributed by atoms with Crippen LogP contribution in [0.15, 0.2) is 24.5 Å². The number of aromatic amines is 1. The molecular formula is C13H14N6. The summed E-state index contributed by atoms with van der Waals surface area (Å²) in [5, 5.41) is 10.9. The van der Waals surface area contributed by atoms with Crippen molar-refractivity contribution in [3.63, 3.8) is 0 Å². The Balaban J connectivity index is 2.20. The zero-order valence-electron chi connectivity index (χ0n) is 10.8. The first-order valence-electron chi connectivity index (χ1n) is 6.16. The summed E-state index contributed by atoms with van der Waals surface area (Å²) in [6.07, 6.45) is 3.56. The second-order valence-electron chi connectivity index (χ2n) is 4.25. The van der Waals surface area contributed by atoms with Crippen molar-refractivity contribution in [3.8, 4) is 11.3 Å². The van der Waals surface area contributed by atoms with Gasteiger partial charge >= 0.3 is 0 Å². The number of fused-ring (bicyclic) bond motifs is 1. The predicted molar refractivity (Wildman–Crippen MR) is 73.8 cm³/mol. The molecule has 0 aliphatic carbocycles. The Labute approximate surface area is 110 Å². The van der Waals surface area contributed by atoms with Gasteiger partial charge in [0.25, 0.3) is 0 Å². The van der Waals surface area contributed by atoms with Crippen LogP contribution in [-0.2, 0) is 0 Å². The van der Waals surface area contributed by atoms with Gasteiger partial charge in [-0.15, -0.1) is 0 Å². The van der Waals surface area contributed by atoms with E-state index in [0.717, 1.165) is 34.5 Å². The third-order valence-electron chi connectivity index (χ3n) is 2.83. The van der Waals surface area contributed by atoms with Crippen LogP contribution in [0.1, 0.15) is 12.6 Å². The number of nitrogens with one attached hydrogen (secondary N) is 2. The van der Waals surface area contributed by atoms with E-state index < -0.39 is 0 Å². The lowest BCUT2D eigenvalue weighted by Gasteiger charge is -2.06. The van der Waals surface area contributed by atoms with E-state index in [2.05, 4.69) is 30.5 Å². The molecule has 0 amide bonds. The summed E-state index contributed by atoms with van der Waals surface area (Å²) in [5.41, 5.74) is 3.50. The molecule has 2 N–H and O–H groups in total. The monoisotopic (exact) mass is 254 g/mol. The first-order valence-corrected chi connectivity index (χ1v) is 6.16. The number of aryl methyl sites for hydroxylation is 1. The van der Waals surface area contributed by atoms with Crippen LogP contribution in [0, 0.1) is 6.92 Å². The van der Waals surface area contributed by atoms with Crippen molar-refractivity contribution >= 4 is 17.0 Å². The fourth-order valence-corrected chi connectivity index (χ4v) is 1.90. The van der Waals surface area contributed by atoms with Crippen molar-refractivity contribution in [2.75, 3.05) is 11.9 Å². The van der Waals surface area contributed by atoms with Crippen LogP contribution in [0.3, 0.4) is 0 Å². The number of hydrogen-bond donors (Lipinski definition) is 2. The lowest BCUT2D eigenvalue weighted by atomic mass is 10.1. The average molecular weight is 254 g/mol. The Morgan fingerprint density at radius 2 is 2.11 bits per heavy atom. The SMILES string of the molecule is CCNc1nc(-c2ccc(C)nc2)c2cn[nH]c2n1. The molecule has 3 aromatic rings. The van der Waals surface area contributed by atoms with Crippen LogP contribution in [0.4, 0.5) is 5.95 Å². The molecule has 0 saturated carbocycles. The molecule has 0 unspecified atom stereocenters. The molecule has 3 rings (SSSR count). The van der Waals surface area contributed by atoms with Crippen molar-refractivity contribution in [2.24, 2.45) is 0 Å². The Bertz CT molecular complexity index is 701. The predicted octanol–water partition coefficient (Wildman–Crippen LogP) is 2.16. The highest BCUT2D eigenvalue weighted by Gasteiger charge is 2.11. The zero-order chi connectivity index (χ0) is 13.2. The van der Waals surface area contributed by atoms with E-state index in [9.17, 15) is 0 Å². The smallest absolute Gasteiger partial charge is 0.225 e. The fourth-order valence-electron chi connectivity index (χ4n) is 1.90. The van der Waals surface area contributed by atoms with E-state index in [1.165, 1.54) is 0 Å². The number of H-pyrrole nitrogens is 1. The molecule has 19 heavy (non-hydrogen) atoms. The van der Waals surface area contributed by atoms with E-state index >= 15 is 0 Å². The maximum atomic E-state index is 4.54. The summed E-state index contributed by atoms with van der Waals surface area (Å²) in [6.45, 7) is 4.74. The number of aromatic nitrogens is 5. The maximum Gasteiger partial charge on any atom is 0.225 e. The molecule has 3 heterocycles. The molecule has 6 heteroatoms. The lowest BCUT2D eigenvalue weighted by Crippen LogP contribution is -2.03. The number of hydrogen-bond acceptors (Lipinski definition) is 5. The molecule has 3 aromatic heterocycles. The average Bonchev–Trinajstić information content (AvgIpc) is 2.87. The minimum atomic E-state index is 0.592. The summed E-state index contributed by atoms with van der Waals surface area (Å²) < 4.78 is 0. The van der Waals surface area contributed by atoms with Gasteiger partial charge in [-0.3, -0.25) is 10.1 Å². The van der Waals surface area contributed by atoms with Gasteiger partial charge in [-0.05, 0) is 26.0 Å². The van der Waals surface area contributed by atoms with Gasteiger partial charge in [-0.2, -0.15) is 10.1 Å². The van der Waals surface area contributed by atoms with Gasteiger partial charge in [0.1, 0.15) is 0 Å². The van der Waals surface area contributed by atoms with E-state index in [0.29, 0.717) is 5.95 Å². The minimum Gasteiger partial charge on any atom is -0.354 e. The highest BCUT2D eigenvalue weighted by molar-refractivity contribution is 5.90. The van der Waals surface area contributed by atoms with Crippen molar-refractivity contribution in [1.82, 2.24) is 25.1 Å². The fraction of sp³-hybridized carbons (Fsp3) is 0.231. The summed E-state index contributed by atoms with van der Waals surface area (Å²) in [4.78, 5) is 13.2. The van der Waals surface area contributed by atoms with Gasteiger partial charge in [0.05, 0.1) is 17.3 Å². The lowest BCUT2D eigenvalue weighted by molar-refractivity contribution is 1.07. The highest BCUT2D eigenvalue weighted by atomic mass is 15.2. The zero-order valence-corrected chi connectivity index (χ0v) is 10.8. The molecule has 0 atom stereocenters. The Kier molecular flexibility index (Phi) is 2.83. The van der Waals surface area contributed by atoms with Gasteiger partial charge in [-0.25, -0.2) is 4.98 Å². The van der Waals surface area contributed by atoms with Crippen LogP contribution in [0.5, 0.6) is 0 Å². The molecule has 0 saturated heterocycles. The molecule has 0 bridgehead atoms. The molecule has 0 radical (unpaired) electrons. The summed E-state index contributed by atoms with van der Waals surface area (Å²) in [7, 11) is 0. The normalized spacial score (nSPS) is 10.8. The molecule has 0 aliphatic rings. The number of pyridine rings is 1. The third kappa shape index (κ3) is 2.12. The van der Waals surface area contributed by atoms with Crippen molar-refractivity contribution in [1.29, 1.82) is 0 Å². The summed E-state index contributed by atoms with van der Waals surface area (Å²) >= 11 is 0. The quantitative estimate of drug-likeness (QED) is 0.748.